The number of urea groups is 1. The average molecular weight is 453 g/mol. The predicted molar refractivity (Wildman–Crippen MR) is 105 cm³/mol. The van der Waals surface area contributed by atoms with Gasteiger partial charge in [0.2, 0.25) is 0 Å². The van der Waals surface area contributed by atoms with E-state index in [1.807, 2.05) is 13.0 Å². The summed E-state index contributed by atoms with van der Waals surface area (Å²) >= 11 is 3.46. The highest BCUT2D eigenvalue weighted by atomic mass is 79.9. The molecule has 0 bridgehead atoms. The number of hydrogen-bond acceptors (Lipinski definition) is 2. The summed E-state index contributed by atoms with van der Waals surface area (Å²) in [6, 6.07) is 9.16. The van der Waals surface area contributed by atoms with Crippen LogP contribution in [0, 0.1) is 6.92 Å². The molecule has 0 radical (unpaired) electrons. The third-order valence-corrected chi connectivity index (χ3v) is 4.67. The zero-order chi connectivity index (χ0) is 20.5. The second-order valence-electron chi connectivity index (χ2n) is 6.15. The van der Waals surface area contributed by atoms with Gasteiger partial charge in [0.25, 0.3) is 0 Å². The van der Waals surface area contributed by atoms with Gasteiger partial charge < -0.3 is 10.6 Å². The van der Waals surface area contributed by atoms with Crippen molar-refractivity contribution in [3.8, 4) is 11.3 Å². The van der Waals surface area contributed by atoms with Gasteiger partial charge in [0.15, 0.2) is 0 Å². The summed E-state index contributed by atoms with van der Waals surface area (Å²) in [6.45, 7) is 1.93. The second kappa shape index (κ2) is 7.67. The Morgan fingerprint density at radius 1 is 1.11 bits per heavy atom. The summed E-state index contributed by atoms with van der Waals surface area (Å²) in [6.07, 6.45) is -2.80. The van der Waals surface area contributed by atoms with Gasteiger partial charge >= 0.3 is 12.2 Å². The van der Waals surface area contributed by atoms with Crippen molar-refractivity contribution in [2.75, 3.05) is 10.6 Å². The van der Waals surface area contributed by atoms with E-state index in [9.17, 15) is 18.0 Å². The van der Waals surface area contributed by atoms with Gasteiger partial charge in [-0.05, 0) is 58.7 Å². The van der Waals surface area contributed by atoms with Crippen LogP contribution >= 0.6 is 15.9 Å². The molecule has 1 heterocycles. The van der Waals surface area contributed by atoms with Gasteiger partial charge in [0.05, 0.1) is 21.9 Å². The minimum absolute atomic E-state index is 0.0500. The lowest BCUT2D eigenvalue weighted by Crippen LogP contribution is -2.20. The molecule has 0 fully saturated rings. The molecule has 2 N–H and O–H groups in total. The maximum Gasteiger partial charge on any atom is 0.416 e. The van der Waals surface area contributed by atoms with Crippen molar-refractivity contribution in [1.29, 1.82) is 0 Å². The molecule has 0 atom stereocenters. The first-order chi connectivity index (χ1) is 13.1. The fourth-order valence-corrected chi connectivity index (χ4v) is 3.30. The Hall–Kier alpha value is -2.81. The molecule has 0 saturated carbocycles. The summed E-state index contributed by atoms with van der Waals surface area (Å²) in [5, 5.41) is 9.24. The van der Waals surface area contributed by atoms with Gasteiger partial charge in [-0.2, -0.15) is 18.3 Å². The minimum atomic E-state index is -4.48. The first-order valence-electron chi connectivity index (χ1n) is 8.19. The summed E-state index contributed by atoms with van der Waals surface area (Å²) in [5.74, 6) is 0. The van der Waals surface area contributed by atoms with E-state index < -0.39 is 17.8 Å². The number of nitrogens with zero attached hydrogens (tertiary/aromatic N) is 2. The molecule has 146 valence electrons. The lowest BCUT2D eigenvalue weighted by atomic mass is 10.0. The van der Waals surface area contributed by atoms with Gasteiger partial charge in [-0.25, -0.2) is 4.79 Å². The molecule has 0 aliphatic rings. The number of rotatable bonds is 3. The molecule has 0 spiro atoms. The highest BCUT2D eigenvalue weighted by molar-refractivity contribution is 9.10. The molecule has 28 heavy (non-hydrogen) atoms. The van der Waals surface area contributed by atoms with Gasteiger partial charge in [0.1, 0.15) is 0 Å². The standard InChI is InChI=1S/C19H16BrF3N4O/c1-11-6-7-14(9-15(11)17-16(20)10-24-27(17)2)26-18(28)25-13-5-3-4-12(8-13)19(21,22)23/h3-10H,1-2H3,(H2,25,26,28). The SMILES string of the molecule is Cc1ccc(NC(=O)Nc2cccc(C(F)(F)F)c2)cc1-c1c(Br)cnn1C. The normalized spacial score (nSPS) is 11.4. The number of alkyl halides is 3. The van der Waals surface area contributed by atoms with Crippen LogP contribution in [0.15, 0.2) is 53.1 Å². The Labute approximate surface area is 167 Å². The second-order valence-corrected chi connectivity index (χ2v) is 7.01. The molecule has 0 saturated heterocycles. The van der Waals surface area contributed by atoms with Crippen LogP contribution in [-0.4, -0.2) is 15.8 Å². The van der Waals surface area contributed by atoms with E-state index in [0.29, 0.717) is 5.69 Å². The van der Waals surface area contributed by atoms with Crippen molar-refractivity contribution >= 4 is 33.3 Å². The van der Waals surface area contributed by atoms with Gasteiger partial charge in [-0.15, -0.1) is 0 Å². The van der Waals surface area contributed by atoms with E-state index in [0.717, 1.165) is 33.4 Å². The fourth-order valence-electron chi connectivity index (χ4n) is 2.74. The molecular weight excluding hydrogens is 437 g/mol. The van der Waals surface area contributed by atoms with Crippen molar-refractivity contribution in [3.05, 3.63) is 64.3 Å². The number of carbonyl (C=O) groups excluding carboxylic acids is 1. The lowest BCUT2D eigenvalue weighted by Gasteiger charge is -2.13. The number of carbonyl (C=O) groups is 1. The number of hydrogen-bond donors (Lipinski definition) is 2. The van der Waals surface area contributed by atoms with Gasteiger partial charge in [-0.1, -0.05) is 12.1 Å². The first kappa shape index (κ1) is 19.9. The Bertz CT molecular complexity index is 1010. The summed E-state index contributed by atoms with van der Waals surface area (Å²) < 4.78 is 40.9. The molecule has 2 aromatic carbocycles. The van der Waals surface area contributed by atoms with E-state index in [-0.39, 0.29) is 5.69 Å². The monoisotopic (exact) mass is 452 g/mol. The molecular formula is C19H16BrF3N4O. The van der Waals surface area contributed by atoms with Crippen molar-refractivity contribution < 1.29 is 18.0 Å². The average Bonchev–Trinajstić information content (AvgIpc) is 2.95. The highest BCUT2D eigenvalue weighted by Crippen LogP contribution is 2.32. The number of benzene rings is 2. The summed E-state index contributed by atoms with van der Waals surface area (Å²) in [7, 11) is 1.81. The Kier molecular flexibility index (Phi) is 5.46. The van der Waals surface area contributed by atoms with Crippen molar-refractivity contribution in [1.82, 2.24) is 9.78 Å². The van der Waals surface area contributed by atoms with E-state index >= 15 is 0 Å². The van der Waals surface area contributed by atoms with Crippen LogP contribution in [0.5, 0.6) is 0 Å². The molecule has 0 aliphatic carbocycles. The van der Waals surface area contributed by atoms with Crippen LogP contribution in [-0.2, 0) is 13.2 Å². The zero-order valence-electron chi connectivity index (χ0n) is 14.9. The molecule has 0 unspecified atom stereocenters. The topological polar surface area (TPSA) is 59.0 Å². The zero-order valence-corrected chi connectivity index (χ0v) is 16.5. The van der Waals surface area contributed by atoms with Crippen molar-refractivity contribution in [2.45, 2.75) is 13.1 Å². The third kappa shape index (κ3) is 4.36. The number of aryl methyl sites for hydroxylation is 2. The largest absolute Gasteiger partial charge is 0.416 e. The summed E-state index contributed by atoms with van der Waals surface area (Å²) in [4.78, 5) is 12.2. The van der Waals surface area contributed by atoms with Crippen LogP contribution in [0.3, 0.4) is 0 Å². The number of nitrogens with one attached hydrogen (secondary N) is 2. The Morgan fingerprint density at radius 3 is 2.39 bits per heavy atom. The molecule has 5 nitrogen and oxygen atoms in total. The van der Waals surface area contributed by atoms with E-state index in [2.05, 4.69) is 31.7 Å². The number of aromatic nitrogens is 2. The van der Waals surface area contributed by atoms with Crippen molar-refractivity contribution in [2.24, 2.45) is 7.05 Å². The molecule has 0 aliphatic heterocycles. The predicted octanol–water partition coefficient (Wildman–Crippen LogP) is 5.82. The molecule has 1 aromatic heterocycles. The van der Waals surface area contributed by atoms with Crippen molar-refractivity contribution in [3.63, 3.8) is 0 Å². The molecule has 9 heteroatoms. The van der Waals surface area contributed by atoms with Crippen LogP contribution in [0.1, 0.15) is 11.1 Å². The molecule has 3 aromatic rings. The molecule has 2 amide bonds. The number of anilines is 2. The van der Waals surface area contributed by atoms with E-state index in [4.69, 9.17) is 0 Å². The van der Waals surface area contributed by atoms with Gasteiger partial charge in [0, 0.05) is 24.0 Å². The van der Waals surface area contributed by atoms with E-state index in [1.165, 1.54) is 12.1 Å². The third-order valence-electron chi connectivity index (χ3n) is 4.09. The van der Waals surface area contributed by atoms with Crippen LogP contribution in [0.25, 0.3) is 11.3 Å². The quantitative estimate of drug-likeness (QED) is 0.525. The molecule has 3 rings (SSSR count). The smallest absolute Gasteiger partial charge is 0.308 e. The van der Waals surface area contributed by atoms with Crippen LogP contribution in [0.2, 0.25) is 0 Å². The minimum Gasteiger partial charge on any atom is -0.308 e. The fraction of sp³-hybridized carbons (Fsp3) is 0.158. The Morgan fingerprint density at radius 2 is 1.79 bits per heavy atom. The summed E-state index contributed by atoms with van der Waals surface area (Å²) in [5.41, 5.74) is 2.41. The maximum atomic E-state index is 12.8. The first-order valence-corrected chi connectivity index (χ1v) is 8.98. The highest BCUT2D eigenvalue weighted by Gasteiger charge is 2.30. The number of halogens is 4. The Balaban J connectivity index is 1.79. The van der Waals surface area contributed by atoms with E-state index in [1.54, 1.807) is 30.1 Å². The van der Waals surface area contributed by atoms with Crippen LogP contribution < -0.4 is 10.6 Å². The van der Waals surface area contributed by atoms with Gasteiger partial charge in [-0.3, -0.25) is 4.68 Å². The lowest BCUT2D eigenvalue weighted by molar-refractivity contribution is -0.137. The maximum absolute atomic E-state index is 12.8. The number of amides is 2. The van der Waals surface area contributed by atoms with Crippen LogP contribution in [0.4, 0.5) is 29.3 Å².